The van der Waals surface area contributed by atoms with Gasteiger partial charge in [0.25, 0.3) is 0 Å². The predicted molar refractivity (Wildman–Crippen MR) is 42.8 cm³/mol. The Hall–Kier alpha value is -0.520. The van der Waals surface area contributed by atoms with Crippen molar-refractivity contribution in [2.75, 3.05) is 19.8 Å². The third kappa shape index (κ3) is 4.37. The molecule has 2 heteroatoms. The summed E-state index contributed by atoms with van der Waals surface area (Å²) in [6.07, 6.45) is 5.21. The number of likely N-dealkylation sites (N-methyl/N-ethyl adjacent to an activating group) is 1. The Labute approximate surface area is 63.0 Å². The van der Waals surface area contributed by atoms with E-state index in [1.807, 2.05) is 13.8 Å². The lowest BCUT2D eigenvalue weighted by Gasteiger charge is -2.09. The van der Waals surface area contributed by atoms with Crippen molar-refractivity contribution in [2.24, 2.45) is 0 Å². The lowest BCUT2D eigenvalue weighted by molar-refractivity contribution is 0.136. The zero-order chi connectivity index (χ0) is 7.82. The van der Waals surface area contributed by atoms with Crippen molar-refractivity contribution in [3.8, 4) is 12.3 Å². The lowest BCUT2D eigenvalue weighted by Crippen LogP contribution is -2.31. The third-order valence-corrected chi connectivity index (χ3v) is 1.14. The fourth-order valence-electron chi connectivity index (χ4n) is 0.648. The SMILES string of the molecule is C#CC(COCC)NCC. The van der Waals surface area contributed by atoms with Crippen LogP contribution in [0.15, 0.2) is 0 Å². The van der Waals surface area contributed by atoms with Crippen molar-refractivity contribution >= 4 is 0 Å². The molecule has 2 nitrogen and oxygen atoms in total. The summed E-state index contributed by atoms with van der Waals surface area (Å²) in [4.78, 5) is 0. The van der Waals surface area contributed by atoms with Gasteiger partial charge in [0, 0.05) is 6.61 Å². The van der Waals surface area contributed by atoms with E-state index in [2.05, 4.69) is 11.2 Å². The van der Waals surface area contributed by atoms with Gasteiger partial charge in [0.15, 0.2) is 0 Å². The van der Waals surface area contributed by atoms with Crippen LogP contribution in [-0.4, -0.2) is 25.8 Å². The Morgan fingerprint density at radius 2 is 2.30 bits per heavy atom. The molecule has 0 aromatic heterocycles. The molecule has 0 aliphatic rings. The van der Waals surface area contributed by atoms with E-state index in [0.29, 0.717) is 6.61 Å². The van der Waals surface area contributed by atoms with Crippen LogP contribution in [0.3, 0.4) is 0 Å². The number of rotatable bonds is 5. The minimum Gasteiger partial charge on any atom is -0.379 e. The maximum Gasteiger partial charge on any atom is 0.0923 e. The molecule has 0 aromatic rings. The normalized spacial score (nSPS) is 12.5. The summed E-state index contributed by atoms with van der Waals surface area (Å²) in [6.45, 7) is 6.21. The molecule has 0 amide bonds. The van der Waals surface area contributed by atoms with Crippen molar-refractivity contribution in [1.29, 1.82) is 0 Å². The second-order valence-corrected chi connectivity index (χ2v) is 1.94. The van der Waals surface area contributed by atoms with E-state index in [1.54, 1.807) is 0 Å². The molecule has 0 aliphatic carbocycles. The number of hydrogen-bond acceptors (Lipinski definition) is 2. The predicted octanol–water partition coefficient (Wildman–Crippen LogP) is 0.634. The number of nitrogens with one attached hydrogen (secondary N) is 1. The van der Waals surface area contributed by atoms with Gasteiger partial charge in [-0.2, -0.15) is 0 Å². The molecular weight excluding hydrogens is 126 g/mol. The van der Waals surface area contributed by atoms with Gasteiger partial charge in [-0.05, 0) is 13.5 Å². The molecule has 1 unspecified atom stereocenters. The third-order valence-electron chi connectivity index (χ3n) is 1.14. The van der Waals surface area contributed by atoms with Crippen molar-refractivity contribution in [2.45, 2.75) is 19.9 Å². The molecule has 58 valence electrons. The minimum atomic E-state index is 0.0740. The van der Waals surface area contributed by atoms with Crippen LogP contribution in [0.2, 0.25) is 0 Å². The van der Waals surface area contributed by atoms with Gasteiger partial charge >= 0.3 is 0 Å². The molecular formula is C8H15NO. The first-order valence-electron chi connectivity index (χ1n) is 3.62. The van der Waals surface area contributed by atoms with Crippen LogP contribution >= 0.6 is 0 Å². The average molecular weight is 141 g/mol. The maximum atomic E-state index is 5.21. The first kappa shape index (κ1) is 9.48. The molecule has 0 fully saturated rings. The van der Waals surface area contributed by atoms with Crippen molar-refractivity contribution in [3.63, 3.8) is 0 Å². The van der Waals surface area contributed by atoms with E-state index in [-0.39, 0.29) is 6.04 Å². The highest BCUT2D eigenvalue weighted by Crippen LogP contribution is 1.82. The maximum absolute atomic E-state index is 5.21. The summed E-state index contributed by atoms with van der Waals surface area (Å²) in [5, 5.41) is 3.11. The molecule has 0 aliphatic heterocycles. The highest BCUT2D eigenvalue weighted by molar-refractivity contribution is 4.98. The number of terminal acetylenes is 1. The van der Waals surface area contributed by atoms with Gasteiger partial charge in [-0.1, -0.05) is 12.8 Å². The minimum absolute atomic E-state index is 0.0740. The fourth-order valence-corrected chi connectivity index (χ4v) is 0.648. The Kier molecular flexibility index (Phi) is 6.25. The van der Waals surface area contributed by atoms with Gasteiger partial charge in [0.2, 0.25) is 0 Å². The van der Waals surface area contributed by atoms with E-state index in [9.17, 15) is 0 Å². The monoisotopic (exact) mass is 141 g/mol. The molecule has 1 N–H and O–H groups in total. The molecule has 0 bridgehead atoms. The Balaban J connectivity index is 3.33. The molecule has 1 atom stereocenters. The van der Waals surface area contributed by atoms with E-state index in [4.69, 9.17) is 11.2 Å². The van der Waals surface area contributed by atoms with E-state index in [0.717, 1.165) is 13.2 Å². The number of ether oxygens (including phenoxy) is 1. The van der Waals surface area contributed by atoms with Crippen LogP contribution in [0, 0.1) is 12.3 Å². The smallest absolute Gasteiger partial charge is 0.0923 e. The summed E-state index contributed by atoms with van der Waals surface area (Å²) < 4.78 is 5.13. The van der Waals surface area contributed by atoms with Gasteiger partial charge in [-0.3, -0.25) is 0 Å². The van der Waals surface area contributed by atoms with E-state index >= 15 is 0 Å². The fraction of sp³-hybridized carbons (Fsp3) is 0.750. The second kappa shape index (κ2) is 6.60. The highest BCUT2D eigenvalue weighted by atomic mass is 16.5. The summed E-state index contributed by atoms with van der Waals surface area (Å²) >= 11 is 0. The quantitative estimate of drug-likeness (QED) is 0.567. The molecule has 0 aromatic carbocycles. The van der Waals surface area contributed by atoms with Crippen LogP contribution < -0.4 is 5.32 Å². The summed E-state index contributed by atoms with van der Waals surface area (Å²) in [5.74, 6) is 2.60. The Morgan fingerprint density at radius 1 is 1.60 bits per heavy atom. The largest absolute Gasteiger partial charge is 0.379 e. The van der Waals surface area contributed by atoms with E-state index < -0.39 is 0 Å². The average Bonchev–Trinajstić information content (AvgIpc) is 1.98. The molecule has 10 heavy (non-hydrogen) atoms. The molecule has 0 spiro atoms. The zero-order valence-electron chi connectivity index (χ0n) is 6.68. The van der Waals surface area contributed by atoms with Gasteiger partial charge < -0.3 is 10.1 Å². The van der Waals surface area contributed by atoms with Gasteiger partial charge in [0.05, 0.1) is 12.6 Å². The van der Waals surface area contributed by atoms with Crippen LogP contribution in [0.4, 0.5) is 0 Å². The first-order chi connectivity index (χ1) is 4.85. The van der Waals surface area contributed by atoms with Gasteiger partial charge in [-0.25, -0.2) is 0 Å². The summed E-state index contributed by atoms with van der Waals surface area (Å²) in [7, 11) is 0. The Bertz CT molecular complexity index is 106. The van der Waals surface area contributed by atoms with Crippen LogP contribution in [0.25, 0.3) is 0 Å². The molecule has 0 saturated carbocycles. The van der Waals surface area contributed by atoms with Crippen molar-refractivity contribution in [3.05, 3.63) is 0 Å². The molecule has 0 radical (unpaired) electrons. The number of hydrogen-bond donors (Lipinski definition) is 1. The zero-order valence-corrected chi connectivity index (χ0v) is 6.68. The van der Waals surface area contributed by atoms with Crippen molar-refractivity contribution in [1.82, 2.24) is 5.32 Å². The standard InChI is InChI=1S/C8H15NO/c1-4-8(9-5-2)7-10-6-3/h1,8-9H,5-7H2,2-3H3. The van der Waals surface area contributed by atoms with E-state index in [1.165, 1.54) is 0 Å². The van der Waals surface area contributed by atoms with Gasteiger partial charge in [-0.15, -0.1) is 6.42 Å². The molecule has 0 heterocycles. The Morgan fingerprint density at radius 3 is 2.70 bits per heavy atom. The van der Waals surface area contributed by atoms with Crippen LogP contribution in [0.5, 0.6) is 0 Å². The van der Waals surface area contributed by atoms with Crippen LogP contribution in [0.1, 0.15) is 13.8 Å². The molecule has 0 saturated heterocycles. The van der Waals surface area contributed by atoms with Crippen molar-refractivity contribution < 1.29 is 4.74 Å². The summed E-state index contributed by atoms with van der Waals surface area (Å²) in [6, 6.07) is 0.0740. The lowest BCUT2D eigenvalue weighted by atomic mass is 10.3. The topological polar surface area (TPSA) is 21.3 Å². The second-order valence-electron chi connectivity index (χ2n) is 1.94. The van der Waals surface area contributed by atoms with Gasteiger partial charge in [0.1, 0.15) is 0 Å². The first-order valence-corrected chi connectivity index (χ1v) is 3.62. The summed E-state index contributed by atoms with van der Waals surface area (Å²) in [5.41, 5.74) is 0. The highest BCUT2D eigenvalue weighted by Gasteiger charge is 1.99. The van der Waals surface area contributed by atoms with Crippen LogP contribution in [-0.2, 0) is 4.74 Å². The molecule has 0 rings (SSSR count).